The van der Waals surface area contributed by atoms with Gasteiger partial charge in [-0.25, -0.2) is 9.69 Å². The molecule has 4 aliphatic rings. The third kappa shape index (κ3) is 2.91. The first-order valence-electron chi connectivity index (χ1n) is 12.3. The van der Waals surface area contributed by atoms with Crippen molar-refractivity contribution in [2.75, 3.05) is 9.80 Å². The molecule has 0 radical (unpaired) electrons. The van der Waals surface area contributed by atoms with Crippen LogP contribution in [0.1, 0.15) is 45.6 Å². The largest absolute Gasteiger partial charge is 0.363 e. The number of hydrogen-bond acceptors (Lipinski definition) is 6. The van der Waals surface area contributed by atoms with E-state index >= 15 is 0 Å². The van der Waals surface area contributed by atoms with E-state index in [9.17, 15) is 24.5 Å². The lowest BCUT2D eigenvalue weighted by Gasteiger charge is -2.53. The molecule has 4 atom stereocenters. The maximum atomic E-state index is 14.5. The maximum absolute atomic E-state index is 14.5. The van der Waals surface area contributed by atoms with Gasteiger partial charge in [0.1, 0.15) is 0 Å². The number of carbonyl (C=O) groups is 3. The van der Waals surface area contributed by atoms with E-state index in [1.165, 1.54) is 12.1 Å². The molecule has 1 saturated carbocycles. The van der Waals surface area contributed by atoms with Crippen LogP contribution in [0.4, 0.5) is 21.9 Å². The Morgan fingerprint density at radius 2 is 1.75 bits per heavy atom. The topological polar surface area (TPSA) is 113 Å². The number of amides is 4. The molecule has 1 spiro atoms. The molecular weight excluding hydrogens is 460 g/mol. The summed E-state index contributed by atoms with van der Waals surface area (Å²) in [6, 6.07) is 12.1. The number of hydrogen-bond donors (Lipinski definition) is 1. The van der Waals surface area contributed by atoms with Crippen molar-refractivity contribution in [3.63, 3.8) is 0 Å². The Kier molecular flexibility index (Phi) is 4.51. The highest BCUT2D eigenvalue weighted by atomic mass is 16.6. The Bertz CT molecular complexity index is 1340. The molecule has 2 aromatic carbocycles. The number of non-ortho nitro benzene ring substituents is 1. The summed E-state index contributed by atoms with van der Waals surface area (Å²) >= 11 is 0. The Labute approximate surface area is 208 Å². The molecular formula is C27H28N4O5. The highest BCUT2D eigenvalue weighted by Gasteiger charge is 2.71. The number of nitrogens with one attached hydrogen (secondary N) is 1. The maximum Gasteiger partial charge on any atom is 0.335 e. The normalized spacial score (nSPS) is 32.2. The zero-order valence-electron chi connectivity index (χ0n) is 20.5. The van der Waals surface area contributed by atoms with Crippen molar-refractivity contribution >= 4 is 34.9 Å². The summed E-state index contributed by atoms with van der Waals surface area (Å²) in [5, 5.41) is 14.1. The van der Waals surface area contributed by atoms with E-state index in [1.807, 2.05) is 0 Å². The van der Waals surface area contributed by atoms with E-state index in [-0.39, 0.29) is 29.0 Å². The molecule has 0 aromatic heterocycles. The average molecular weight is 489 g/mol. The number of benzene rings is 2. The number of nitro groups is 1. The van der Waals surface area contributed by atoms with E-state index in [0.717, 1.165) is 29.8 Å². The van der Waals surface area contributed by atoms with Gasteiger partial charge in [0, 0.05) is 30.3 Å². The van der Waals surface area contributed by atoms with Crippen LogP contribution in [0.5, 0.6) is 0 Å². The zero-order chi connectivity index (χ0) is 25.6. The average Bonchev–Trinajstić information content (AvgIpc) is 3.03. The SMILES string of the molecule is CC1(C)C[C@H]2C[C@@](C)(C1)[C@@H]1N2c2ccc([N+](=O)[O-])cc2C[C@]12C(=O)NC(=O)N(c1ccccc1)C2=O. The van der Waals surface area contributed by atoms with Gasteiger partial charge >= 0.3 is 6.03 Å². The first-order chi connectivity index (χ1) is 17.0. The number of barbiturate groups is 1. The van der Waals surface area contributed by atoms with Crippen LogP contribution in [0.25, 0.3) is 0 Å². The Balaban J connectivity index is 1.60. The molecule has 2 bridgehead atoms. The third-order valence-corrected chi connectivity index (χ3v) is 8.62. The standard InChI is InChI=1S/C27H28N4O5/c1-25(2)13-19-14-26(3,15-25)21-27(12-16-11-18(31(35)36)9-10-20(16)29(19)21)22(32)28-24(34)30(23(27)33)17-7-5-4-6-8-17/h4-11,19,21H,12-15H2,1-3H3,(H,28,32,34)/t19-,21-,26-,27+/m0/s1. The smallest absolute Gasteiger partial charge is 0.335 e. The molecule has 1 N–H and O–H groups in total. The van der Waals surface area contributed by atoms with Crippen LogP contribution in [0.3, 0.4) is 0 Å². The van der Waals surface area contributed by atoms with Gasteiger partial charge in [0.15, 0.2) is 5.41 Å². The van der Waals surface area contributed by atoms with Crippen LogP contribution in [-0.2, 0) is 16.0 Å². The van der Waals surface area contributed by atoms with E-state index in [1.54, 1.807) is 36.4 Å². The summed E-state index contributed by atoms with van der Waals surface area (Å²) in [6.07, 6.45) is 2.50. The second-order valence-electron chi connectivity index (χ2n) is 11.8. The Morgan fingerprint density at radius 3 is 2.44 bits per heavy atom. The van der Waals surface area contributed by atoms with E-state index in [2.05, 4.69) is 31.0 Å². The number of nitro benzene ring substituents is 1. The molecule has 1 aliphatic carbocycles. The molecule has 36 heavy (non-hydrogen) atoms. The molecule has 2 saturated heterocycles. The Hall–Kier alpha value is -3.75. The quantitative estimate of drug-likeness (QED) is 0.385. The van der Waals surface area contributed by atoms with Gasteiger partial charge in [0.05, 0.1) is 16.7 Å². The first-order valence-corrected chi connectivity index (χ1v) is 12.3. The fourth-order valence-corrected chi connectivity index (χ4v) is 7.94. The highest BCUT2D eigenvalue weighted by Crippen LogP contribution is 2.64. The van der Waals surface area contributed by atoms with Gasteiger partial charge in [-0.1, -0.05) is 39.0 Å². The molecule has 9 nitrogen and oxygen atoms in total. The van der Waals surface area contributed by atoms with Crippen LogP contribution in [-0.4, -0.2) is 34.9 Å². The molecule has 3 aliphatic heterocycles. The van der Waals surface area contributed by atoms with Crippen molar-refractivity contribution in [1.82, 2.24) is 5.32 Å². The lowest BCUT2D eigenvalue weighted by atomic mass is 9.56. The van der Waals surface area contributed by atoms with Gasteiger partial charge < -0.3 is 4.90 Å². The number of anilines is 2. The number of nitrogens with zero attached hydrogens (tertiary/aromatic N) is 3. The van der Waals surface area contributed by atoms with Gasteiger partial charge in [-0.3, -0.25) is 25.0 Å². The molecule has 0 unspecified atom stereocenters. The summed E-state index contributed by atoms with van der Waals surface area (Å²) in [5.41, 5.74) is -0.269. The van der Waals surface area contributed by atoms with Crippen molar-refractivity contribution in [2.24, 2.45) is 16.2 Å². The molecule has 9 heteroatoms. The minimum Gasteiger partial charge on any atom is -0.363 e. The lowest BCUT2D eigenvalue weighted by molar-refractivity contribution is -0.384. The minimum atomic E-state index is -1.60. The summed E-state index contributed by atoms with van der Waals surface area (Å²) in [6.45, 7) is 6.57. The van der Waals surface area contributed by atoms with Gasteiger partial charge in [0.2, 0.25) is 5.91 Å². The van der Waals surface area contributed by atoms with Crippen molar-refractivity contribution < 1.29 is 19.3 Å². The van der Waals surface area contributed by atoms with Gasteiger partial charge in [-0.2, -0.15) is 0 Å². The summed E-state index contributed by atoms with van der Waals surface area (Å²) < 4.78 is 0. The first kappa shape index (κ1) is 22.7. The fraction of sp³-hybridized carbons (Fsp3) is 0.444. The van der Waals surface area contributed by atoms with Crippen LogP contribution in [0.15, 0.2) is 48.5 Å². The van der Waals surface area contributed by atoms with Crippen molar-refractivity contribution in [3.05, 3.63) is 64.2 Å². The molecule has 3 fully saturated rings. The number of para-hydroxylation sites is 1. The van der Waals surface area contributed by atoms with Crippen LogP contribution in [0, 0.1) is 26.4 Å². The van der Waals surface area contributed by atoms with Crippen molar-refractivity contribution in [3.8, 4) is 0 Å². The van der Waals surface area contributed by atoms with E-state index in [4.69, 9.17) is 0 Å². The molecule has 2 aromatic rings. The monoisotopic (exact) mass is 488 g/mol. The highest BCUT2D eigenvalue weighted by molar-refractivity contribution is 6.30. The minimum absolute atomic E-state index is 0.00476. The van der Waals surface area contributed by atoms with Gasteiger partial charge in [0.25, 0.3) is 11.6 Å². The second kappa shape index (κ2) is 7.15. The number of rotatable bonds is 2. The zero-order valence-corrected chi connectivity index (χ0v) is 20.5. The molecule has 4 amide bonds. The number of fused-ring (bicyclic) bond motifs is 8. The second-order valence-corrected chi connectivity index (χ2v) is 11.8. The number of imide groups is 2. The van der Waals surface area contributed by atoms with E-state index in [0.29, 0.717) is 11.3 Å². The van der Waals surface area contributed by atoms with Crippen LogP contribution < -0.4 is 15.1 Å². The van der Waals surface area contributed by atoms with Crippen molar-refractivity contribution in [1.29, 1.82) is 0 Å². The molecule has 186 valence electrons. The molecule has 6 rings (SSSR count). The summed E-state index contributed by atoms with van der Waals surface area (Å²) in [5.74, 6) is -1.19. The molecule has 3 heterocycles. The fourth-order valence-electron chi connectivity index (χ4n) is 7.94. The predicted molar refractivity (Wildman–Crippen MR) is 132 cm³/mol. The third-order valence-electron chi connectivity index (χ3n) is 8.62. The van der Waals surface area contributed by atoms with Crippen LogP contribution >= 0.6 is 0 Å². The van der Waals surface area contributed by atoms with Gasteiger partial charge in [-0.15, -0.1) is 0 Å². The lowest BCUT2D eigenvalue weighted by Crippen LogP contribution is -2.73. The van der Waals surface area contributed by atoms with Crippen molar-refractivity contribution in [2.45, 2.75) is 58.5 Å². The van der Waals surface area contributed by atoms with Crippen LogP contribution in [0.2, 0.25) is 0 Å². The summed E-state index contributed by atoms with van der Waals surface area (Å²) in [7, 11) is 0. The summed E-state index contributed by atoms with van der Waals surface area (Å²) in [4.78, 5) is 55.8. The predicted octanol–water partition coefficient (Wildman–Crippen LogP) is 4.19. The Morgan fingerprint density at radius 1 is 1.03 bits per heavy atom. The number of carbonyl (C=O) groups excluding carboxylic acids is 3. The number of urea groups is 1. The van der Waals surface area contributed by atoms with E-state index < -0.39 is 34.2 Å². The van der Waals surface area contributed by atoms with Gasteiger partial charge in [-0.05, 0) is 53.9 Å².